The molecular weight excluding hydrogens is 354 g/mol. The molecule has 6 nitrogen and oxygen atoms in total. The van der Waals surface area contributed by atoms with Crippen molar-refractivity contribution in [3.8, 4) is 0 Å². The number of carbonyl (C=O) groups is 2. The molecule has 1 fully saturated rings. The molecule has 2 amide bonds. The molecule has 1 saturated heterocycles. The summed E-state index contributed by atoms with van der Waals surface area (Å²) in [5, 5.41) is 2.78. The summed E-state index contributed by atoms with van der Waals surface area (Å²) in [6.07, 6.45) is 0.385. The van der Waals surface area contributed by atoms with Crippen LogP contribution in [0.3, 0.4) is 0 Å². The highest BCUT2D eigenvalue weighted by atomic mass is 16.6. The maximum Gasteiger partial charge on any atom is 0.408 e. The summed E-state index contributed by atoms with van der Waals surface area (Å²) in [5.41, 5.74) is 0.698. The Labute approximate surface area is 169 Å². The second-order valence-electron chi connectivity index (χ2n) is 8.81. The maximum atomic E-state index is 13.1. The molecule has 2 rings (SSSR count). The molecule has 6 heteroatoms. The first-order chi connectivity index (χ1) is 13.2. The van der Waals surface area contributed by atoms with Crippen molar-refractivity contribution >= 4 is 12.0 Å². The Bertz CT molecular complexity index is 640. The number of nitrogens with zero attached hydrogens (tertiary/aromatic N) is 2. The fourth-order valence-electron chi connectivity index (χ4n) is 3.34. The summed E-state index contributed by atoms with van der Waals surface area (Å²) in [5.74, 6) is -0.0360. The highest BCUT2D eigenvalue weighted by Crippen LogP contribution is 2.14. The lowest BCUT2D eigenvalue weighted by atomic mass is 10.0. The Morgan fingerprint density at radius 2 is 1.75 bits per heavy atom. The number of alkyl carbamates (subject to hydrolysis) is 1. The minimum absolute atomic E-state index is 0.0105. The van der Waals surface area contributed by atoms with E-state index in [2.05, 4.69) is 34.5 Å². The van der Waals surface area contributed by atoms with Crippen molar-refractivity contribution in [2.24, 2.45) is 5.92 Å². The van der Waals surface area contributed by atoms with Gasteiger partial charge in [0.25, 0.3) is 0 Å². The fraction of sp³-hybridized carbons (Fsp3) is 0.636. The summed E-state index contributed by atoms with van der Waals surface area (Å²) in [6, 6.07) is 9.82. The lowest BCUT2D eigenvalue weighted by Crippen LogP contribution is -2.52. The van der Waals surface area contributed by atoms with Gasteiger partial charge in [-0.15, -0.1) is 0 Å². The van der Waals surface area contributed by atoms with E-state index in [-0.39, 0.29) is 11.8 Å². The Balaban J connectivity index is 1.94. The summed E-state index contributed by atoms with van der Waals surface area (Å²) in [4.78, 5) is 29.5. The molecule has 0 aromatic heterocycles. The number of hydrogen-bond acceptors (Lipinski definition) is 4. The molecular formula is C22H35N3O3. The summed E-state index contributed by atoms with van der Waals surface area (Å²) < 4.78 is 5.33. The molecule has 28 heavy (non-hydrogen) atoms. The minimum atomic E-state index is -0.588. The van der Waals surface area contributed by atoms with E-state index in [4.69, 9.17) is 4.74 Å². The number of carbonyl (C=O) groups excluding carboxylic acids is 2. The first-order valence-electron chi connectivity index (χ1n) is 10.2. The number of rotatable bonds is 5. The first-order valence-corrected chi connectivity index (χ1v) is 10.2. The molecule has 1 N–H and O–H groups in total. The predicted molar refractivity (Wildman–Crippen MR) is 111 cm³/mol. The SMILES string of the molecule is CC(C)C(NC(=O)OC(C)(C)C)C(=O)N1CCCN(Cc2ccccc2)CC1. The van der Waals surface area contributed by atoms with Gasteiger partial charge < -0.3 is 15.0 Å². The van der Waals surface area contributed by atoms with Crippen molar-refractivity contribution in [3.63, 3.8) is 0 Å². The molecule has 0 spiro atoms. The average molecular weight is 390 g/mol. The summed E-state index contributed by atoms with van der Waals surface area (Å²) in [7, 11) is 0. The van der Waals surface area contributed by atoms with Gasteiger partial charge in [0.2, 0.25) is 5.91 Å². The van der Waals surface area contributed by atoms with E-state index < -0.39 is 17.7 Å². The van der Waals surface area contributed by atoms with Crippen LogP contribution in [0.25, 0.3) is 0 Å². The summed E-state index contributed by atoms with van der Waals surface area (Å²) in [6.45, 7) is 13.4. The van der Waals surface area contributed by atoms with E-state index in [0.717, 1.165) is 26.1 Å². The van der Waals surface area contributed by atoms with E-state index >= 15 is 0 Å². The third kappa shape index (κ3) is 7.15. The molecule has 1 aliphatic heterocycles. The van der Waals surface area contributed by atoms with Crippen LogP contribution in [0.15, 0.2) is 30.3 Å². The van der Waals surface area contributed by atoms with Crippen LogP contribution in [0.1, 0.15) is 46.6 Å². The van der Waals surface area contributed by atoms with Crippen molar-refractivity contribution in [1.82, 2.24) is 15.1 Å². The molecule has 0 saturated carbocycles. The maximum absolute atomic E-state index is 13.1. The zero-order valence-corrected chi connectivity index (χ0v) is 17.9. The number of benzene rings is 1. The van der Waals surface area contributed by atoms with Crippen LogP contribution >= 0.6 is 0 Å². The van der Waals surface area contributed by atoms with Gasteiger partial charge in [0.1, 0.15) is 11.6 Å². The smallest absolute Gasteiger partial charge is 0.408 e. The molecule has 0 aliphatic carbocycles. The van der Waals surface area contributed by atoms with Gasteiger partial charge in [0.15, 0.2) is 0 Å². The van der Waals surface area contributed by atoms with Crippen LogP contribution in [-0.4, -0.2) is 59.6 Å². The largest absolute Gasteiger partial charge is 0.444 e. The van der Waals surface area contributed by atoms with Gasteiger partial charge in [-0.2, -0.15) is 0 Å². The Morgan fingerprint density at radius 3 is 2.36 bits per heavy atom. The molecule has 0 bridgehead atoms. The van der Waals surface area contributed by atoms with E-state index in [1.807, 2.05) is 45.6 Å². The van der Waals surface area contributed by atoms with Gasteiger partial charge in [-0.25, -0.2) is 4.79 Å². The minimum Gasteiger partial charge on any atom is -0.444 e. The molecule has 1 aromatic rings. The zero-order valence-electron chi connectivity index (χ0n) is 17.9. The monoisotopic (exact) mass is 389 g/mol. The van der Waals surface area contributed by atoms with Gasteiger partial charge >= 0.3 is 6.09 Å². The van der Waals surface area contributed by atoms with E-state index in [1.165, 1.54) is 5.56 Å². The van der Waals surface area contributed by atoms with Crippen molar-refractivity contribution in [2.75, 3.05) is 26.2 Å². The topological polar surface area (TPSA) is 61.9 Å². The fourth-order valence-corrected chi connectivity index (χ4v) is 3.34. The van der Waals surface area contributed by atoms with Crippen LogP contribution in [0.5, 0.6) is 0 Å². The molecule has 0 radical (unpaired) electrons. The lowest BCUT2D eigenvalue weighted by molar-refractivity contribution is -0.134. The number of nitrogens with one attached hydrogen (secondary N) is 1. The first kappa shape index (κ1) is 22.2. The van der Waals surface area contributed by atoms with Crippen LogP contribution in [0.4, 0.5) is 4.79 Å². The average Bonchev–Trinajstić information content (AvgIpc) is 2.84. The second-order valence-corrected chi connectivity index (χ2v) is 8.81. The molecule has 1 heterocycles. The van der Waals surface area contributed by atoms with E-state index in [1.54, 1.807) is 0 Å². The van der Waals surface area contributed by atoms with Crippen LogP contribution in [0, 0.1) is 5.92 Å². The molecule has 156 valence electrons. The third-order valence-electron chi connectivity index (χ3n) is 4.75. The van der Waals surface area contributed by atoms with Crippen molar-refractivity contribution in [1.29, 1.82) is 0 Å². The van der Waals surface area contributed by atoms with E-state index in [0.29, 0.717) is 13.1 Å². The third-order valence-corrected chi connectivity index (χ3v) is 4.75. The van der Waals surface area contributed by atoms with Crippen LogP contribution in [0.2, 0.25) is 0 Å². The Hall–Kier alpha value is -2.08. The van der Waals surface area contributed by atoms with Gasteiger partial charge in [-0.1, -0.05) is 44.2 Å². The summed E-state index contributed by atoms with van der Waals surface area (Å²) >= 11 is 0. The normalized spacial score (nSPS) is 17.1. The predicted octanol–water partition coefficient (Wildman–Crippen LogP) is 3.27. The van der Waals surface area contributed by atoms with Crippen LogP contribution < -0.4 is 5.32 Å². The molecule has 1 atom stereocenters. The standard InChI is InChI=1S/C22H35N3O3/c1-17(2)19(23-21(27)28-22(3,4)5)20(26)25-13-9-12-24(14-15-25)16-18-10-7-6-8-11-18/h6-8,10-11,17,19H,9,12-16H2,1-5H3,(H,23,27). The molecule has 1 aliphatic rings. The van der Waals surface area contributed by atoms with Crippen molar-refractivity contribution < 1.29 is 14.3 Å². The Morgan fingerprint density at radius 1 is 1.07 bits per heavy atom. The highest BCUT2D eigenvalue weighted by Gasteiger charge is 2.31. The number of hydrogen-bond donors (Lipinski definition) is 1. The van der Waals surface area contributed by atoms with E-state index in [9.17, 15) is 9.59 Å². The number of ether oxygens (including phenoxy) is 1. The van der Waals surface area contributed by atoms with Crippen molar-refractivity contribution in [3.05, 3.63) is 35.9 Å². The number of amides is 2. The second kappa shape index (κ2) is 9.92. The van der Waals surface area contributed by atoms with Gasteiger partial charge in [0, 0.05) is 32.7 Å². The highest BCUT2D eigenvalue weighted by molar-refractivity contribution is 5.86. The quantitative estimate of drug-likeness (QED) is 0.840. The van der Waals surface area contributed by atoms with Gasteiger partial charge in [-0.05, 0) is 38.7 Å². The molecule has 1 unspecified atom stereocenters. The molecule has 1 aromatic carbocycles. The Kier molecular flexibility index (Phi) is 7.87. The zero-order chi connectivity index (χ0) is 20.7. The van der Waals surface area contributed by atoms with Crippen LogP contribution in [-0.2, 0) is 16.1 Å². The van der Waals surface area contributed by atoms with Gasteiger partial charge in [0.05, 0.1) is 0 Å². The lowest BCUT2D eigenvalue weighted by Gasteiger charge is -2.30. The van der Waals surface area contributed by atoms with Crippen molar-refractivity contribution in [2.45, 2.75) is 59.2 Å². The van der Waals surface area contributed by atoms with Gasteiger partial charge in [-0.3, -0.25) is 9.69 Å².